The van der Waals surface area contributed by atoms with Crippen LogP contribution in [0.25, 0.3) is 5.69 Å². The second-order valence-corrected chi connectivity index (χ2v) is 6.97. The van der Waals surface area contributed by atoms with E-state index in [9.17, 15) is 0 Å². The third-order valence-corrected chi connectivity index (χ3v) is 4.94. The van der Waals surface area contributed by atoms with E-state index in [1.165, 1.54) is 18.4 Å². The molecule has 7 heteroatoms. The summed E-state index contributed by atoms with van der Waals surface area (Å²) in [7, 11) is 0. The lowest BCUT2D eigenvalue weighted by molar-refractivity contribution is 0.153. The van der Waals surface area contributed by atoms with Crippen molar-refractivity contribution in [3.8, 4) is 5.69 Å². The van der Waals surface area contributed by atoms with Gasteiger partial charge in [-0.15, -0.1) is 5.10 Å². The summed E-state index contributed by atoms with van der Waals surface area (Å²) in [6.45, 7) is 3.99. The number of nitrogens with zero attached hydrogens (tertiary/aromatic N) is 6. The Hall–Kier alpha value is -2.51. The van der Waals surface area contributed by atoms with Crippen LogP contribution in [0.5, 0.6) is 0 Å². The molecule has 0 amide bonds. The minimum atomic E-state index is -0.0497. The Morgan fingerprint density at radius 2 is 2.08 bits per heavy atom. The maximum Gasteiger partial charge on any atom is 0.108 e. The summed E-state index contributed by atoms with van der Waals surface area (Å²) in [6, 6.07) is 8.68. The molecule has 1 N–H and O–H groups in total. The highest BCUT2D eigenvalue weighted by Crippen LogP contribution is 2.20. The fourth-order valence-corrected chi connectivity index (χ4v) is 3.65. The molecule has 4 rings (SSSR count). The zero-order valence-electron chi connectivity index (χ0n) is 14.8. The van der Waals surface area contributed by atoms with Crippen molar-refractivity contribution in [2.45, 2.75) is 32.5 Å². The standard InChI is InChI=1S/C19H24N6O/c26-14-18-13-25(22-21-18)12-17-2-1-8-23(11-17)10-16-3-5-19(6-4-16)24-9-7-20-15-24/h3-7,9,13,15,17,26H,1-2,8,10-12,14H2/t17-/m0/s1. The minimum Gasteiger partial charge on any atom is -0.390 e. The number of hydrogen-bond donors (Lipinski definition) is 1. The van der Waals surface area contributed by atoms with Crippen molar-refractivity contribution in [1.82, 2.24) is 29.4 Å². The van der Waals surface area contributed by atoms with Gasteiger partial charge in [0.1, 0.15) is 5.69 Å². The third kappa shape index (κ3) is 4.00. The van der Waals surface area contributed by atoms with Crippen molar-refractivity contribution < 1.29 is 5.11 Å². The van der Waals surface area contributed by atoms with E-state index >= 15 is 0 Å². The van der Waals surface area contributed by atoms with Crippen LogP contribution in [0.2, 0.25) is 0 Å². The number of imidazole rings is 1. The van der Waals surface area contributed by atoms with Gasteiger partial charge in [0.15, 0.2) is 0 Å². The molecular weight excluding hydrogens is 328 g/mol. The molecule has 0 unspecified atom stereocenters. The van der Waals surface area contributed by atoms with Crippen LogP contribution in [0.4, 0.5) is 0 Å². The Bertz CT molecular complexity index is 811. The zero-order chi connectivity index (χ0) is 17.8. The van der Waals surface area contributed by atoms with Crippen LogP contribution in [-0.4, -0.2) is 47.6 Å². The fraction of sp³-hybridized carbons (Fsp3) is 0.421. The fourth-order valence-electron chi connectivity index (χ4n) is 3.65. The number of aliphatic hydroxyl groups is 1. The number of piperidine rings is 1. The molecule has 0 aliphatic carbocycles. The topological polar surface area (TPSA) is 72.0 Å². The second-order valence-electron chi connectivity index (χ2n) is 6.97. The quantitative estimate of drug-likeness (QED) is 0.733. The third-order valence-electron chi connectivity index (χ3n) is 4.94. The van der Waals surface area contributed by atoms with Crippen molar-refractivity contribution >= 4 is 0 Å². The van der Waals surface area contributed by atoms with Gasteiger partial charge in [0.05, 0.1) is 19.1 Å². The summed E-state index contributed by atoms with van der Waals surface area (Å²) < 4.78 is 3.87. The van der Waals surface area contributed by atoms with Gasteiger partial charge in [-0.3, -0.25) is 9.58 Å². The summed E-state index contributed by atoms with van der Waals surface area (Å²) in [4.78, 5) is 6.61. The van der Waals surface area contributed by atoms with Crippen LogP contribution in [0.3, 0.4) is 0 Å². The Labute approximate surface area is 152 Å². The molecule has 136 valence electrons. The normalized spacial score (nSPS) is 18.3. The lowest BCUT2D eigenvalue weighted by Gasteiger charge is -2.32. The monoisotopic (exact) mass is 352 g/mol. The molecule has 1 fully saturated rings. The van der Waals surface area contributed by atoms with Gasteiger partial charge < -0.3 is 9.67 Å². The van der Waals surface area contributed by atoms with E-state index in [0.29, 0.717) is 11.6 Å². The first-order chi connectivity index (χ1) is 12.8. The van der Waals surface area contributed by atoms with Gasteiger partial charge in [-0.05, 0) is 43.0 Å². The number of aromatic nitrogens is 5. The number of rotatable bonds is 6. The Morgan fingerprint density at radius 1 is 1.19 bits per heavy atom. The molecule has 1 atom stereocenters. The first kappa shape index (κ1) is 16.9. The number of likely N-dealkylation sites (tertiary alicyclic amines) is 1. The SMILES string of the molecule is OCc1cn(C[C@H]2CCCN(Cc3ccc(-n4ccnc4)cc3)C2)nn1. The smallest absolute Gasteiger partial charge is 0.108 e. The predicted molar refractivity (Wildman–Crippen MR) is 97.5 cm³/mol. The molecule has 3 heterocycles. The molecule has 0 saturated carbocycles. The van der Waals surface area contributed by atoms with Crippen LogP contribution < -0.4 is 0 Å². The average molecular weight is 352 g/mol. The Balaban J connectivity index is 1.34. The number of aliphatic hydroxyl groups excluding tert-OH is 1. The lowest BCUT2D eigenvalue weighted by Crippen LogP contribution is -2.36. The van der Waals surface area contributed by atoms with Gasteiger partial charge >= 0.3 is 0 Å². The van der Waals surface area contributed by atoms with Crippen LogP contribution in [0.15, 0.2) is 49.2 Å². The van der Waals surface area contributed by atoms with E-state index < -0.39 is 0 Å². The minimum absolute atomic E-state index is 0.0497. The highest BCUT2D eigenvalue weighted by atomic mass is 16.3. The largest absolute Gasteiger partial charge is 0.390 e. The number of hydrogen-bond acceptors (Lipinski definition) is 5. The van der Waals surface area contributed by atoms with Crippen molar-refractivity contribution in [3.63, 3.8) is 0 Å². The maximum atomic E-state index is 9.11. The number of benzene rings is 1. The Morgan fingerprint density at radius 3 is 2.81 bits per heavy atom. The molecule has 3 aromatic rings. The Kier molecular flexibility index (Phi) is 5.08. The van der Waals surface area contributed by atoms with Crippen LogP contribution in [-0.2, 0) is 19.7 Å². The highest BCUT2D eigenvalue weighted by molar-refractivity contribution is 5.34. The van der Waals surface area contributed by atoms with Crippen LogP contribution in [0.1, 0.15) is 24.1 Å². The molecule has 2 aromatic heterocycles. The summed E-state index contributed by atoms with van der Waals surface area (Å²) in [6.07, 6.45) is 9.82. The summed E-state index contributed by atoms with van der Waals surface area (Å²) in [5.74, 6) is 0.571. The van der Waals surface area contributed by atoms with E-state index in [0.717, 1.165) is 31.9 Å². The van der Waals surface area contributed by atoms with Gasteiger partial charge in [0.25, 0.3) is 0 Å². The van der Waals surface area contributed by atoms with Gasteiger partial charge in [0, 0.05) is 37.7 Å². The lowest BCUT2D eigenvalue weighted by atomic mass is 9.97. The molecule has 1 aliphatic heterocycles. The average Bonchev–Trinajstić information content (AvgIpc) is 3.34. The van der Waals surface area contributed by atoms with Gasteiger partial charge in [-0.25, -0.2) is 4.98 Å². The molecule has 0 radical (unpaired) electrons. The van der Waals surface area contributed by atoms with Crippen LogP contribution >= 0.6 is 0 Å². The highest BCUT2D eigenvalue weighted by Gasteiger charge is 2.21. The van der Waals surface area contributed by atoms with Gasteiger partial charge in [0.2, 0.25) is 0 Å². The van der Waals surface area contributed by atoms with Crippen molar-refractivity contribution in [2.75, 3.05) is 13.1 Å². The van der Waals surface area contributed by atoms with E-state index in [4.69, 9.17) is 5.11 Å². The van der Waals surface area contributed by atoms with E-state index in [2.05, 4.69) is 44.5 Å². The van der Waals surface area contributed by atoms with Gasteiger partial charge in [-0.1, -0.05) is 17.3 Å². The maximum absolute atomic E-state index is 9.11. The summed E-state index contributed by atoms with van der Waals surface area (Å²) >= 11 is 0. The molecule has 1 saturated heterocycles. The van der Waals surface area contributed by atoms with E-state index in [1.54, 1.807) is 6.20 Å². The first-order valence-electron chi connectivity index (χ1n) is 9.09. The molecule has 0 bridgehead atoms. The summed E-state index contributed by atoms with van der Waals surface area (Å²) in [5.41, 5.74) is 3.10. The first-order valence-corrected chi connectivity index (χ1v) is 9.09. The van der Waals surface area contributed by atoms with Crippen molar-refractivity contribution in [1.29, 1.82) is 0 Å². The molecule has 1 aromatic carbocycles. The zero-order valence-corrected chi connectivity index (χ0v) is 14.8. The summed E-state index contributed by atoms with van der Waals surface area (Å²) in [5, 5.41) is 17.2. The molecular formula is C19H24N6O. The molecule has 1 aliphatic rings. The van der Waals surface area contributed by atoms with E-state index in [-0.39, 0.29) is 6.61 Å². The second kappa shape index (κ2) is 7.80. The predicted octanol–water partition coefficient (Wildman–Crippen LogP) is 1.87. The molecule has 0 spiro atoms. The molecule has 7 nitrogen and oxygen atoms in total. The molecule has 26 heavy (non-hydrogen) atoms. The van der Waals surface area contributed by atoms with Crippen LogP contribution in [0, 0.1) is 5.92 Å². The van der Waals surface area contributed by atoms with Crippen molar-refractivity contribution in [3.05, 3.63) is 60.4 Å². The van der Waals surface area contributed by atoms with E-state index in [1.807, 2.05) is 28.0 Å². The van der Waals surface area contributed by atoms with Gasteiger partial charge in [-0.2, -0.15) is 0 Å². The van der Waals surface area contributed by atoms with Crippen molar-refractivity contribution in [2.24, 2.45) is 5.92 Å².